The number of amides is 1. The number of unbranched alkanes of at least 4 members (excludes halogenated alkanes) is 4. The molecule has 3 rings (SSSR count). The molecule has 0 aliphatic carbocycles. The summed E-state index contributed by atoms with van der Waals surface area (Å²) >= 11 is 0. The summed E-state index contributed by atoms with van der Waals surface area (Å²) in [5.41, 5.74) is 2.50. The monoisotopic (exact) mass is 475 g/mol. The molecule has 184 valence electrons. The van der Waals surface area contributed by atoms with Crippen LogP contribution >= 0.6 is 0 Å². The van der Waals surface area contributed by atoms with Crippen LogP contribution in [0, 0.1) is 0 Å². The van der Waals surface area contributed by atoms with Crippen LogP contribution in [0.4, 0.5) is 0 Å². The van der Waals surface area contributed by atoms with E-state index in [1.165, 1.54) is 0 Å². The zero-order valence-corrected chi connectivity index (χ0v) is 19.9. The molecular formula is C29H33NO5. The zero-order chi connectivity index (χ0) is 24.7. The Balaban J connectivity index is 1.57. The standard InChI is InChI=1S/C29H33NO5/c31-28(32)16-10-2-1-3-11-19-30-29(33)26-20-25(34-21-23-12-6-4-7-13-23)17-18-27(26)35-22-24-14-8-5-9-15-24/h4-9,12-15,17-18,20H,1-3,10-11,16,19,21-22H2,(H,30,33)(H,31,32). The summed E-state index contributed by atoms with van der Waals surface area (Å²) in [6.45, 7) is 1.32. The molecule has 0 fully saturated rings. The second kappa shape index (κ2) is 14.5. The minimum absolute atomic E-state index is 0.205. The fourth-order valence-electron chi connectivity index (χ4n) is 3.61. The molecule has 0 heterocycles. The topological polar surface area (TPSA) is 84.9 Å². The SMILES string of the molecule is O=C(O)CCCCCCCNC(=O)c1cc(OCc2ccccc2)ccc1OCc1ccccc1. The zero-order valence-electron chi connectivity index (χ0n) is 19.9. The smallest absolute Gasteiger partial charge is 0.303 e. The van der Waals surface area contributed by atoms with E-state index in [9.17, 15) is 9.59 Å². The number of carboxylic acid groups (broad SMARTS) is 1. The Morgan fingerprint density at radius 3 is 1.97 bits per heavy atom. The first kappa shape index (κ1) is 25.8. The molecule has 0 saturated heterocycles. The molecule has 0 unspecified atom stereocenters. The molecule has 3 aromatic carbocycles. The van der Waals surface area contributed by atoms with Crippen LogP contribution in [-0.2, 0) is 18.0 Å². The molecule has 0 aliphatic rings. The van der Waals surface area contributed by atoms with E-state index in [2.05, 4.69) is 5.32 Å². The van der Waals surface area contributed by atoms with E-state index < -0.39 is 5.97 Å². The Kier molecular flexibility index (Phi) is 10.7. The number of carbonyl (C=O) groups is 2. The number of nitrogens with one attached hydrogen (secondary N) is 1. The van der Waals surface area contributed by atoms with Crippen LogP contribution in [0.15, 0.2) is 78.9 Å². The summed E-state index contributed by atoms with van der Waals surface area (Å²) in [5.74, 6) is 0.151. The van der Waals surface area contributed by atoms with Gasteiger partial charge in [0.05, 0.1) is 5.56 Å². The summed E-state index contributed by atoms with van der Waals surface area (Å²) in [4.78, 5) is 23.6. The summed E-state index contributed by atoms with van der Waals surface area (Å²) in [6, 6.07) is 25.0. The Morgan fingerprint density at radius 1 is 0.714 bits per heavy atom. The molecule has 0 aromatic heterocycles. The predicted octanol–water partition coefficient (Wildman–Crippen LogP) is 6.00. The maximum atomic E-state index is 13.0. The minimum Gasteiger partial charge on any atom is -0.489 e. The van der Waals surface area contributed by atoms with E-state index >= 15 is 0 Å². The van der Waals surface area contributed by atoms with Crippen LogP contribution < -0.4 is 14.8 Å². The van der Waals surface area contributed by atoms with Crippen LogP contribution in [0.2, 0.25) is 0 Å². The predicted molar refractivity (Wildman–Crippen MR) is 136 cm³/mol. The second-order valence-electron chi connectivity index (χ2n) is 8.37. The van der Waals surface area contributed by atoms with Gasteiger partial charge in [-0.15, -0.1) is 0 Å². The number of aliphatic carboxylic acids is 1. The van der Waals surface area contributed by atoms with Crippen molar-refractivity contribution in [1.29, 1.82) is 0 Å². The van der Waals surface area contributed by atoms with Gasteiger partial charge >= 0.3 is 5.97 Å². The highest BCUT2D eigenvalue weighted by atomic mass is 16.5. The average Bonchev–Trinajstić information content (AvgIpc) is 2.89. The number of carboxylic acids is 1. The third kappa shape index (κ3) is 9.53. The largest absolute Gasteiger partial charge is 0.489 e. The number of hydrogen-bond acceptors (Lipinski definition) is 4. The lowest BCUT2D eigenvalue weighted by Gasteiger charge is -2.14. The van der Waals surface area contributed by atoms with Crippen LogP contribution in [0.3, 0.4) is 0 Å². The first-order chi connectivity index (χ1) is 17.1. The van der Waals surface area contributed by atoms with Crippen molar-refractivity contribution in [2.45, 2.75) is 51.7 Å². The Bertz CT molecular complexity index is 1050. The molecule has 0 aliphatic heterocycles. The van der Waals surface area contributed by atoms with Gasteiger partial charge in [-0.3, -0.25) is 9.59 Å². The van der Waals surface area contributed by atoms with Gasteiger partial charge in [0.25, 0.3) is 5.91 Å². The highest BCUT2D eigenvalue weighted by Gasteiger charge is 2.15. The number of rotatable bonds is 15. The van der Waals surface area contributed by atoms with Crippen molar-refractivity contribution < 1.29 is 24.2 Å². The van der Waals surface area contributed by atoms with E-state index in [0.29, 0.717) is 43.2 Å². The van der Waals surface area contributed by atoms with Gasteiger partial charge < -0.3 is 19.9 Å². The summed E-state index contributed by atoms with van der Waals surface area (Å²) in [7, 11) is 0. The molecule has 2 N–H and O–H groups in total. The average molecular weight is 476 g/mol. The first-order valence-corrected chi connectivity index (χ1v) is 12.1. The number of hydrogen-bond donors (Lipinski definition) is 2. The molecule has 3 aromatic rings. The highest BCUT2D eigenvalue weighted by Crippen LogP contribution is 2.26. The second-order valence-corrected chi connectivity index (χ2v) is 8.37. The Morgan fingerprint density at radius 2 is 1.31 bits per heavy atom. The van der Waals surface area contributed by atoms with E-state index in [1.807, 2.05) is 66.7 Å². The number of ether oxygens (including phenoxy) is 2. The van der Waals surface area contributed by atoms with Crippen molar-refractivity contribution in [2.24, 2.45) is 0 Å². The van der Waals surface area contributed by atoms with Crippen LogP contribution in [0.25, 0.3) is 0 Å². The number of carbonyl (C=O) groups excluding carboxylic acids is 1. The molecule has 0 spiro atoms. The third-order valence-corrected chi connectivity index (χ3v) is 5.53. The fraction of sp³-hybridized carbons (Fsp3) is 0.310. The van der Waals surface area contributed by atoms with Crippen molar-refractivity contribution in [1.82, 2.24) is 5.32 Å². The lowest BCUT2D eigenvalue weighted by atomic mass is 10.1. The molecule has 0 bridgehead atoms. The normalized spacial score (nSPS) is 10.5. The first-order valence-electron chi connectivity index (χ1n) is 12.1. The lowest BCUT2D eigenvalue weighted by Crippen LogP contribution is -2.25. The van der Waals surface area contributed by atoms with Crippen molar-refractivity contribution in [3.63, 3.8) is 0 Å². The molecule has 0 atom stereocenters. The minimum atomic E-state index is -0.752. The molecule has 0 radical (unpaired) electrons. The van der Waals surface area contributed by atoms with E-state index in [0.717, 1.165) is 36.8 Å². The lowest BCUT2D eigenvalue weighted by molar-refractivity contribution is -0.137. The molecule has 6 nitrogen and oxygen atoms in total. The molecule has 35 heavy (non-hydrogen) atoms. The summed E-state index contributed by atoms with van der Waals surface area (Å²) in [5, 5.41) is 11.7. The molecule has 0 saturated carbocycles. The van der Waals surface area contributed by atoms with Crippen molar-refractivity contribution >= 4 is 11.9 Å². The van der Waals surface area contributed by atoms with E-state index in [4.69, 9.17) is 14.6 Å². The van der Waals surface area contributed by atoms with Gasteiger partial charge in [0.2, 0.25) is 0 Å². The van der Waals surface area contributed by atoms with Gasteiger partial charge in [-0.25, -0.2) is 0 Å². The quantitative estimate of drug-likeness (QED) is 0.263. The van der Waals surface area contributed by atoms with Crippen LogP contribution in [0.1, 0.15) is 60.0 Å². The molecule has 1 amide bonds. The molecular weight excluding hydrogens is 442 g/mol. The van der Waals surface area contributed by atoms with Gasteiger partial charge in [-0.1, -0.05) is 79.9 Å². The van der Waals surface area contributed by atoms with Crippen molar-refractivity contribution in [2.75, 3.05) is 6.54 Å². The van der Waals surface area contributed by atoms with Gasteiger partial charge in [0, 0.05) is 13.0 Å². The Labute approximate surface area is 206 Å². The van der Waals surface area contributed by atoms with Crippen LogP contribution in [-0.4, -0.2) is 23.5 Å². The van der Waals surface area contributed by atoms with Crippen LogP contribution in [0.5, 0.6) is 11.5 Å². The van der Waals surface area contributed by atoms with Gasteiger partial charge in [0.15, 0.2) is 0 Å². The van der Waals surface area contributed by atoms with Crippen molar-refractivity contribution in [3.8, 4) is 11.5 Å². The summed E-state index contributed by atoms with van der Waals surface area (Å²) in [6.07, 6.45) is 4.53. The van der Waals surface area contributed by atoms with Gasteiger partial charge in [-0.2, -0.15) is 0 Å². The summed E-state index contributed by atoms with van der Waals surface area (Å²) < 4.78 is 11.9. The van der Waals surface area contributed by atoms with E-state index in [1.54, 1.807) is 12.1 Å². The third-order valence-electron chi connectivity index (χ3n) is 5.53. The van der Waals surface area contributed by atoms with Gasteiger partial charge in [0.1, 0.15) is 24.7 Å². The maximum Gasteiger partial charge on any atom is 0.303 e. The fourth-order valence-corrected chi connectivity index (χ4v) is 3.61. The van der Waals surface area contributed by atoms with Crippen molar-refractivity contribution in [3.05, 3.63) is 95.6 Å². The number of benzene rings is 3. The van der Waals surface area contributed by atoms with E-state index in [-0.39, 0.29) is 12.3 Å². The Hall–Kier alpha value is -3.80. The van der Waals surface area contributed by atoms with Gasteiger partial charge in [-0.05, 0) is 42.2 Å². The highest BCUT2D eigenvalue weighted by molar-refractivity contribution is 5.97. The maximum absolute atomic E-state index is 13.0. The molecule has 6 heteroatoms.